The molecule has 15 heavy (non-hydrogen) atoms. The van der Waals surface area contributed by atoms with Crippen molar-refractivity contribution in [2.45, 2.75) is 6.42 Å². The molecule has 0 atom stereocenters. The molecular formula is C11H15BrFNO. The van der Waals surface area contributed by atoms with Gasteiger partial charge in [-0.05, 0) is 32.6 Å². The van der Waals surface area contributed by atoms with E-state index in [0.717, 1.165) is 13.0 Å². The molecular weight excluding hydrogens is 261 g/mol. The minimum Gasteiger partial charge on any atom is -0.493 e. The Hall–Kier alpha value is -0.610. The molecule has 0 heterocycles. The monoisotopic (exact) mass is 275 g/mol. The number of ether oxygens (including phenoxy) is 1. The maximum atomic E-state index is 12.9. The van der Waals surface area contributed by atoms with Crippen molar-refractivity contribution >= 4 is 15.9 Å². The molecule has 0 saturated heterocycles. The Morgan fingerprint density at radius 2 is 2.07 bits per heavy atom. The van der Waals surface area contributed by atoms with Crippen molar-refractivity contribution in [2.75, 3.05) is 27.2 Å². The average Bonchev–Trinajstić information content (AvgIpc) is 2.10. The summed E-state index contributed by atoms with van der Waals surface area (Å²) in [6.45, 7) is 1.57. The lowest BCUT2D eigenvalue weighted by molar-refractivity contribution is 0.280. The summed E-state index contributed by atoms with van der Waals surface area (Å²) >= 11 is 3.22. The average molecular weight is 276 g/mol. The molecule has 84 valence electrons. The third kappa shape index (κ3) is 5.14. The number of rotatable bonds is 5. The van der Waals surface area contributed by atoms with Crippen LogP contribution in [0.2, 0.25) is 0 Å². The fraction of sp³-hybridized carbons (Fsp3) is 0.455. The molecule has 0 aliphatic carbocycles. The first-order valence-electron chi connectivity index (χ1n) is 4.81. The van der Waals surface area contributed by atoms with Crippen LogP contribution in [-0.4, -0.2) is 32.1 Å². The second-order valence-electron chi connectivity index (χ2n) is 3.61. The first kappa shape index (κ1) is 12.5. The molecule has 0 saturated carbocycles. The van der Waals surface area contributed by atoms with Gasteiger partial charge < -0.3 is 9.64 Å². The number of halogens is 2. The van der Waals surface area contributed by atoms with E-state index in [2.05, 4.69) is 20.8 Å². The molecule has 0 spiro atoms. The summed E-state index contributed by atoms with van der Waals surface area (Å²) in [7, 11) is 4.03. The van der Waals surface area contributed by atoms with E-state index in [9.17, 15) is 4.39 Å². The Bertz CT molecular complexity index is 297. The van der Waals surface area contributed by atoms with Gasteiger partial charge in [-0.25, -0.2) is 4.39 Å². The number of hydrogen-bond acceptors (Lipinski definition) is 2. The predicted octanol–water partition coefficient (Wildman–Crippen LogP) is 2.92. The zero-order valence-corrected chi connectivity index (χ0v) is 10.6. The van der Waals surface area contributed by atoms with E-state index in [4.69, 9.17) is 4.74 Å². The number of benzene rings is 1. The third-order valence-electron chi connectivity index (χ3n) is 1.85. The molecule has 0 aliphatic heterocycles. The maximum Gasteiger partial charge on any atom is 0.128 e. The number of hydrogen-bond donors (Lipinski definition) is 0. The molecule has 0 bridgehead atoms. The molecule has 0 aromatic heterocycles. The molecule has 1 aromatic carbocycles. The van der Waals surface area contributed by atoms with Crippen LogP contribution in [0.3, 0.4) is 0 Å². The first-order chi connectivity index (χ1) is 7.08. The van der Waals surface area contributed by atoms with Gasteiger partial charge in [-0.1, -0.05) is 15.9 Å². The fourth-order valence-electron chi connectivity index (χ4n) is 1.18. The van der Waals surface area contributed by atoms with Gasteiger partial charge in [0.2, 0.25) is 0 Å². The van der Waals surface area contributed by atoms with Crippen molar-refractivity contribution in [1.82, 2.24) is 4.90 Å². The highest BCUT2D eigenvalue weighted by Crippen LogP contribution is 2.20. The van der Waals surface area contributed by atoms with Gasteiger partial charge in [0.05, 0.1) is 6.61 Å². The molecule has 0 aliphatic rings. The lowest BCUT2D eigenvalue weighted by Gasteiger charge is -2.10. The van der Waals surface area contributed by atoms with E-state index in [1.807, 2.05) is 14.1 Å². The molecule has 0 radical (unpaired) electrons. The minimum absolute atomic E-state index is 0.285. The van der Waals surface area contributed by atoms with Gasteiger partial charge in [-0.15, -0.1) is 0 Å². The lowest BCUT2D eigenvalue weighted by atomic mass is 10.3. The molecule has 0 unspecified atom stereocenters. The quantitative estimate of drug-likeness (QED) is 0.767. The summed E-state index contributed by atoms with van der Waals surface area (Å²) in [5.41, 5.74) is 0. The summed E-state index contributed by atoms with van der Waals surface area (Å²) in [5.74, 6) is 0.285. The standard InChI is InChI=1S/C11H15BrFNO/c1-14(2)4-3-5-15-11-7-9(12)6-10(13)8-11/h6-8H,3-5H2,1-2H3. The van der Waals surface area contributed by atoms with Crippen LogP contribution in [0.15, 0.2) is 22.7 Å². The van der Waals surface area contributed by atoms with Crippen LogP contribution in [0.4, 0.5) is 4.39 Å². The zero-order chi connectivity index (χ0) is 11.3. The second kappa shape index (κ2) is 6.08. The van der Waals surface area contributed by atoms with Crippen molar-refractivity contribution in [1.29, 1.82) is 0 Å². The van der Waals surface area contributed by atoms with Crippen LogP contribution in [0, 0.1) is 5.82 Å². The highest BCUT2D eigenvalue weighted by molar-refractivity contribution is 9.10. The van der Waals surface area contributed by atoms with Gasteiger partial charge in [0, 0.05) is 17.1 Å². The summed E-state index contributed by atoms with van der Waals surface area (Å²) in [6, 6.07) is 4.56. The Morgan fingerprint density at radius 1 is 1.33 bits per heavy atom. The summed E-state index contributed by atoms with van der Waals surface area (Å²) in [5, 5.41) is 0. The summed E-state index contributed by atoms with van der Waals surface area (Å²) in [4.78, 5) is 2.09. The zero-order valence-electron chi connectivity index (χ0n) is 8.96. The molecule has 0 amide bonds. The second-order valence-corrected chi connectivity index (χ2v) is 4.53. The third-order valence-corrected chi connectivity index (χ3v) is 2.31. The van der Waals surface area contributed by atoms with Crippen LogP contribution in [-0.2, 0) is 0 Å². The van der Waals surface area contributed by atoms with Gasteiger partial charge in [0.1, 0.15) is 11.6 Å². The Labute approximate surface area is 98.2 Å². The van der Waals surface area contributed by atoms with Crippen molar-refractivity contribution in [3.63, 3.8) is 0 Å². The molecule has 2 nitrogen and oxygen atoms in total. The van der Waals surface area contributed by atoms with E-state index in [0.29, 0.717) is 16.8 Å². The Balaban J connectivity index is 2.37. The van der Waals surface area contributed by atoms with E-state index in [1.165, 1.54) is 12.1 Å². The van der Waals surface area contributed by atoms with E-state index >= 15 is 0 Å². The van der Waals surface area contributed by atoms with Gasteiger partial charge >= 0.3 is 0 Å². The summed E-state index contributed by atoms with van der Waals surface area (Å²) < 4.78 is 19.1. The largest absolute Gasteiger partial charge is 0.493 e. The topological polar surface area (TPSA) is 12.5 Å². The van der Waals surface area contributed by atoms with Gasteiger partial charge in [-0.2, -0.15) is 0 Å². The van der Waals surface area contributed by atoms with Crippen molar-refractivity contribution in [3.05, 3.63) is 28.5 Å². The normalized spacial score (nSPS) is 10.7. The molecule has 4 heteroatoms. The Morgan fingerprint density at radius 3 is 2.67 bits per heavy atom. The SMILES string of the molecule is CN(C)CCCOc1cc(F)cc(Br)c1. The van der Waals surface area contributed by atoms with E-state index < -0.39 is 0 Å². The van der Waals surface area contributed by atoms with E-state index in [-0.39, 0.29) is 5.82 Å². The van der Waals surface area contributed by atoms with Crippen LogP contribution < -0.4 is 4.74 Å². The molecule has 1 aromatic rings. The molecule has 0 N–H and O–H groups in total. The van der Waals surface area contributed by atoms with Crippen LogP contribution in [0.25, 0.3) is 0 Å². The predicted molar refractivity (Wildman–Crippen MR) is 62.8 cm³/mol. The lowest BCUT2D eigenvalue weighted by Crippen LogP contribution is -2.15. The van der Waals surface area contributed by atoms with Crippen LogP contribution >= 0.6 is 15.9 Å². The van der Waals surface area contributed by atoms with E-state index in [1.54, 1.807) is 6.07 Å². The summed E-state index contributed by atoms with van der Waals surface area (Å²) in [6.07, 6.45) is 0.932. The van der Waals surface area contributed by atoms with Gasteiger partial charge in [0.25, 0.3) is 0 Å². The molecule has 1 rings (SSSR count). The Kier molecular flexibility index (Phi) is 5.05. The van der Waals surface area contributed by atoms with Crippen molar-refractivity contribution < 1.29 is 9.13 Å². The molecule has 0 fully saturated rings. The van der Waals surface area contributed by atoms with Crippen LogP contribution in [0.1, 0.15) is 6.42 Å². The highest BCUT2D eigenvalue weighted by Gasteiger charge is 1.99. The maximum absolute atomic E-state index is 12.9. The number of nitrogens with zero attached hydrogens (tertiary/aromatic N) is 1. The van der Waals surface area contributed by atoms with Crippen LogP contribution in [0.5, 0.6) is 5.75 Å². The minimum atomic E-state index is -0.285. The smallest absolute Gasteiger partial charge is 0.128 e. The fourth-order valence-corrected chi connectivity index (χ4v) is 1.63. The van der Waals surface area contributed by atoms with Gasteiger partial charge in [0.15, 0.2) is 0 Å². The highest BCUT2D eigenvalue weighted by atomic mass is 79.9. The first-order valence-corrected chi connectivity index (χ1v) is 5.61. The van der Waals surface area contributed by atoms with Crippen molar-refractivity contribution in [3.8, 4) is 5.75 Å². The van der Waals surface area contributed by atoms with Gasteiger partial charge in [-0.3, -0.25) is 0 Å². The van der Waals surface area contributed by atoms with Crippen molar-refractivity contribution in [2.24, 2.45) is 0 Å².